The smallest absolute Gasteiger partial charge is 0.303 e. The fraction of sp³-hybridized carbons (Fsp3) is 0.385. The number of nitrogens with one attached hydrogen (secondary N) is 1. The van der Waals surface area contributed by atoms with Crippen LogP contribution in [-0.4, -0.2) is 21.9 Å². The second-order valence-electron chi connectivity index (χ2n) is 4.52. The zero-order valence-electron chi connectivity index (χ0n) is 11.4. The lowest BCUT2D eigenvalue weighted by atomic mass is 10.1. The predicted octanol–water partition coefficient (Wildman–Crippen LogP) is 3.25. The molecule has 1 rings (SSSR count). The van der Waals surface area contributed by atoms with Gasteiger partial charge in [-0.3, -0.25) is 19.7 Å². The molecule has 0 aliphatic rings. The van der Waals surface area contributed by atoms with Crippen LogP contribution in [0.2, 0.25) is 0 Å². The van der Waals surface area contributed by atoms with Crippen molar-refractivity contribution in [2.24, 2.45) is 0 Å². The van der Waals surface area contributed by atoms with E-state index in [0.29, 0.717) is 28.6 Å². The maximum Gasteiger partial charge on any atom is 0.303 e. The number of amides is 1. The molecule has 0 saturated carbocycles. The Morgan fingerprint density at radius 1 is 1.33 bits per heavy atom. The summed E-state index contributed by atoms with van der Waals surface area (Å²) >= 11 is 3.24. The van der Waals surface area contributed by atoms with Crippen molar-refractivity contribution in [1.29, 1.82) is 0 Å². The van der Waals surface area contributed by atoms with E-state index in [1.165, 1.54) is 6.07 Å². The number of rotatable bonds is 7. The summed E-state index contributed by atoms with van der Waals surface area (Å²) < 4.78 is 0.560. The van der Waals surface area contributed by atoms with Gasteiger partial charge < -0.3 is 10.4 Å². The van der Waals surface area contributed by atoms with Crippen LogP contribution in [0.25, 0.3) is 0 Å². The zero-order chi connectivity index (χ0) is 16.0. The largest absolute Gasteiger partial charge is 0.481 e. The highest BCUT2D eigenvalue weighted by Gasteiger charge is 2.15. The van der Waals surface area contributed by atoms with Crippen LogP contribution in [0, 0.1) is 17.0 Å². The Morgan fingerprint density at radius 3 is 2.52 bits per heavy atom. The Morgan fingerprint density at radius 2 is 1.95 bits per heavy atom. The number of nitro groups is 1. The van der Waals surface area contributed by atoms with Gasteiger partial charge >= 0.3 is 5.97 Å². The summed E-state index contributed by atoms with van der Waals surface area (Å²) in [5, 5.41) is 21.9. The van der Waals surface area contributed by atoms with E-state index in [0.717, 1.165) is 0 Å². The molecule has 0 unspecified atom stereocenters. The normalized spacial score (nSPS) is 10.2. The van der Waals surface area contributed by atoms with E-state index in [1.807, 2.05) is 0 Å². The van der Waals surface area contributed by atoms with Crippen LogP contribution >= 0.6 is 15.9 Å². The first-order chi connectivity index (χ1) is 9.81. The maximum atomic E-state index is 11.7. The number of anilines is 1. The number of unbranched alkanes of at least 4 members (excludes halogenated alkanes) is 1. The number of nitro benzene ring substituents is 1. The minimum absolute atomic E-state index is 0.0208. The number of carbonyl (C=O) groups excluding carboxylic acids is 1. The van der Waals surface area contributed by atoms with Crippen molar-refractivity contribution in [3.8, 4) is 0 Å². The number of carboxylic acid groups (broad SMARTS) is 1. The molecular formula is C13H15BrN2O5. The van der Waals surface area contributed by atoms with Gasteiger partial charge in [-0.2, -0.15) is 0 Å². The first kappa shape index (κ1) is 17.1. The molecule has 0 aliphatic heterocycles. The number of halogens is 1. The molecule has 0 radical (unpaired) electrons. The number of aryl methyl sites for hydroxylation is 1. The molecule has 0 bridgehead atoms. The molecule has 0 saturated heterocycles. The monoisotopic (exact) mass is 358 g/mol. The summed E-state index contributed by atoms with van der Waals surface area (Å²) in [7, 11) is 0. The Kier molecular flexibility index (Phi) is 6.29. The van der Waals surface area contributed by atoms with E-state index in [2.05, 4.69) is 21.2 Å². The highest BCUT2D eigenvalue weighted by molar-refractivity contribution is 9.10. The van der Waals surface area contributed by atoms with E-state index in [1.54, 1.807) is 13.0 Å². The van der Waals surface area contributed by atoms with Crippen LogP contribution < -0.4 is 5.32 Å². The predicted molar refractivity (Wildman–Crippen MR) is 80.3 cm³/mol. The highest BCUT2D eigenvalue weighted by Crippen LogP contribution is 2.30. The van der Waals surface area contributed by atoms with Gasteiger partial charge in [-0.15, -0.1) is 0 Å². The number of hydrogen-bond acceptors (Lipinski definition) is 4. The summed E-state index contributed by atoms with van der Waals surface area (Å²) in [6.07, 6.45) is 1.05. The third-order valence-electron chi connectivity index (χ3n) is 2.80. The Balaban J connectivity index is 2.65. The number of aliphatic carboxylic acids is 1. The molecule has 0 spiro atoms. The lowest BCUT2D eigenvalue weighted by Crippen LogP contribution is -2.12. The maximum absolute atomic E-state index is 11.7. The van der Waals surface area contributed by atoms with E-state index in [-0.39, 0.29) is 24.4 Å². The van der Waals surface area contributed by atoms with Gasteiger partial charge in [0.15, 0.2) is 0 Å². The number of nitrogens with zero attached hydrogens (tertiary/aromatic N) is 1. The minimum atomic E-state index is -0.896. The van der Waals surface area contributed by atoms with E-state index in [9.17, 15) is 19.7 Å². The average Bonchev–Trinajstić information content (AvgIpc) is 2.37. The minimum Gasteiger partial charge on any atom is -0.481 e. The SMILES string of the molecule is Cc1cc(Br)c(NC(=O)CCCCC(=O)O)cc1[N+](=O)[O-]. The Hall–Kier alpha value is -1.96. The molecule has 0 atom stereocenters. The number of benzene rings is 1. The van der Waals surface area contributed by atoms with Crippen molar-refractivity contribution >= 4 is 39.2 Å². The molecule has 0 aromatic heterocycles. The summed E-state index contributed by atoms with van der Waals surface area (Å²) in [4.78, 5) is 32.4. The van der Waals surface area contributed by atoms with Gasteiger partial charge in [0, 0.05) is 28.9 Å². The molecule has 2 N–H and O–H groups in total. The Bertz CT molecular complexity index is 574. The Labute approximate surface area is 129 Å². The van der Waals surface area contributed by atoms with Gasteiger partial charge in [0.25, 0.3) is 5.69 Å². The fourth-order valence-corrected chi connectivity index (χ4v) is 2.29. The second kappa shape index (κ2) is 7.72. The van der Waals surface area contributed by atoms with Crippen LogP contribution in [0.4, 0.5) is 11.4 Å². The average molecular weight is 359 g/mol. The first-order valence-corrected chi connectivity index (χ1v) is 7.06. The van der Waals surface area contributed by atoms with Crippen LogP contribution in [-0.2, 0) is 9.59 Å². The fourth-order valence-electron chi connectivity index (χ4n) is 1.73. The molecule has 1 aromatic rings. The van der Waals surface area contributed by atoms with Crippen LogP contribution in [0.3, 0.4) is 0 Å². The molecule has 8 heteroatoms. The van der Waals surface area contributed by atoms with Crippen molar-refractivity contribution < 1.29 is 19.6 Å². The van der Waals surface area contributed by atoms with Gasteiger partial charge in [-0.1, -0.05) is 0 Å². The van der Waals surface area contributed by atoms with Gasteiger partial charge in [0.1, 0.15) is 0 Å². The van der Waals surface area contributed by atoms with Gasteiger partial charge in [0.05, 0.1) is 10.6 Å². The quantitative estimate of drug-likeness (QED) is 0.441. The molecule has 7 nitrogen and oxygen atoms in total. The summed E-state index contributed by atoms with van der Waals surface area (Å²) in [6, 6.07) is 2.87. The van der Waals surface area contributed by atoms with Crippen molar-refractivity contribution in [2.75, 3.05) is 5.32 Å². The molecule has 1 amide bonds. The van der Waals surface area contributed by atoms with Crippen LogP contribution in [0.15, 0.2) is 16.6 Å². The van der Waals surface area contributed by atoms with Gasteiger partial charge in [-0.25, -0.2) is 0 Å². The molecule has 21 heavy (non-hydrogen) atoms. The molecule has 0 heterocycles. The molecule has 1 aromatic carbocycles. The lowest BCUT2D eigenvalue weighted by molar-refractivity contribution is -0.385. The topological polar surface area (TPSA) is 110 Å². The van der Waals surface area contributed by atoms with Crippen molar-refractivity contribution in [1.82, 2.24) is 0 Å². The summed E-state index contributed by atoms with van der Waals surface area (Å²) in [5.41, 5.74) is 0.751. The number of carbonyl (C=O) groups is 2. The lowest BCUT2D eigenvalue weighted by Gasteiger charge is -2.08. The third-order valence-corrected chi connectivity index (χ3v) is 3.46. The van der Waals surface area contributed by atoms with E-state index >= 15 is 0 Å². The van der Waals surface area contributed by atoms with Gasteiger partial charge in [-0.05, 0) is 41.8 Å². The summed E-state index contributed by atoms with van der Waals surface area (Å²) in [6.45, 7) is 1.61. The van der Waals surface area contributed by atoms with E-state index in [4.69, 9.17) is 5.11 Å². The first-order valence-electron chi connectivity index (χ1n) is 6.27. The van der Waals surface area contributed by atoms with Gasteiger partial charge in [0.2, 0.25) is 5.91 Å². The second-order valence-corrected chi connectivity index (χ2v) is 5.38. The molecule has 114 valence electrons. The molecule has 0 aliphatic carbocycles. The summed E-state index contributed by atoms with van der Waals surface area (Å²) in [5.74, 6) is -1.20. The van der Waals surface area contributed by atoms with Crippen molar-refractivity contribution in [2.45, 2.75) is 32.6 Å². The zero-order valence-corrected chi connectivity index (χ0v) is 13.0. The highest BCUT2D eigenvalue weighted by atomic mass is 79.9. The third kappa shape index (κ3) is 5.50. The standard InChI is InChI=1S/C13H15BrN2O5/c1-8-6-9(14)10(7-11(8)16(20)21)15-12(17)4-2-3-5-13(18)19/h6-7H,2-5H2,1H3,(H,15,17)(H,18,19). The molecule has 0 fully saturated rings. The number of carboxylic acids is 1. The van der Waals surface area contributed by atoms with Crippen LogP contribution in [0.5, 0.6) is 0 Å². The van der Waals surface area contributed by atoms with Crippen molar-refractivity contribution in [3.63, 3.8) is 0 Å². The molecular weight excluding hydrogens is 344 g/mol. The van der Waals surface area contributed by atoms with Crippen molar-refractivity contribution in [3.05, 3.63) is 32.3 Å². The van der Waals surface area contributed by atoms with Crippen LogP contribution in [0.1, 0.15) is 31.2 Å². The number of hydrogen-bond donors (Lipinski definition) is 2. The van der Waals surface area contributed by atoms with E-state index < -0.39 is 10.9 Å².